The van der Waals surface area contributed by atoms with Crippen LogP contribution in [0.1, 0.15) is 18.1 Å². The minimum absolute atomic E-state index is 0.159. The zero-order chi connectivity index (χ0) is 14.5. The third-order valence-electron chi connectivity index (χ3n) is 2.57. The topological polar surface area (TPSA) is 72.8 Å². The monoisotopic (exact) mass is 272 g/mol. The highest BCUT2D eigenvalue weighted by Gasteiger charge is 2.18. The van der Waals surface area contributed by atoms with Crippen molar-refractivity contribution in [2.75, 3.05) is 13.2 Å². The molecule has 1 aliphatic rings. The summed E-state index contributed by atoms with van der Waals surface area (Å²) in [6.45, 7) is 2.19. The van der Waals surface area contributed by atoms with Crippen molar-refractivity contribution in [2.45, 2.75) is 6.92 Å². The Labute approximate surface area is 115 Å². The highest BCUT2D eigenvalue weighted by atomic mass is 16.5. The quantitative estimate of drug-likeness (QED) is 0.652. The molecule has 0 aromatic heterocycles. The number of carbonyl (C=O) groups excluding carboxylic acids is 1. The molecule has 0 amide bonds. The molecule has 102 valence electrons. The van der Waals surface area contributed by atoms with E-state index in [-0.39, 0.29) is 6.61 Å². The summed E-state index contributed by atoms with van der Waals surface area (Å²) in [4.78, 5) is 22.0. The maximum Gasteiger partial charge on any atom is 0.382 e. The summed E-state index contributed by atoms with van der Waals surface area (Å²) in [6.07, 6.45) is 1.67. The number of rotatable bonds is 2. The lowest BCUT2D eigenvalue weighted by molar-refractivity contribution is -0.138. The Morgan fingerprint density at radius 3 is 2.95 bits per heavy atom. The highest BCUT2D eigenvalue weighted by Crippen LogP contribution is 2.27. The van der Waals surface area contributed by atoms with Crippen LogP contribution in [-0.4, -0.2) is 30.3 Å². The van der Waals surface area contributed by atoms with Crippen LogP contribution in [0.25, 0.3) is 6.08 Å². The number of hydrogen-bond donors (Lipinski definition) is 1. The van der Waals surface area contributed by atoms with Gasteiger partial charge in [-0.1, -0.05) is 5.92 Å². The van der Waals surface area contributed by atoms with E-state index in [1.807, 2.05) is 5.92 Å². The fourth-order valence-electron chi connectivity index (χ4n) is 1.72. The summed E-state index contributed by atoms with van der Waals surface area (Å²) in [6, 6.07) is 5.03. The van der Waals surface area contributed by atoms with Crippen molar-refractivity contribution >= 4 is 18.0 Å². The van der Waals surface area contributed by atoms with Gasteiger partial charge in [-0.2, -0.15) is 0 Å². The second-order valence-corrected chi connectivity index (χ2v) is 3.99. The molecule has 0 radical (unpaired) electrons. The van der Waals surface area contributed by atoms with E-state index in [0.29, 0.717) is 29.1 Å². The van der Waals surface area contributed by atoms with E-state index in [1.54, 1.807) is 31.2 Å². The first-order chi connectivity index (χ1) is 9.60. The molecule has 0 spiro atoms. The average Bonchev–Trinajstić information content (AvgIpc) is 2.44. The lowest BCUT2D eigenvalue weighted by Gasteiger charge is -2.17. The van der Waals surface area contributed by atoms with Gasteiger partial charge in [0.05, 0.1) is 12.2 Å². The third kappa shape index (κ3) is 3.18. The van der Waals surface area contributed by atoms with Gasteiger partial charge in [-0.3, -0.25) is 0 Å². The number of carboxylic acid groups (broad SMARTS) is 1. The number of aliphatic carboxylic acids is 1. The van der Waals surface area contributed by atoms with Crippen LogP contribution in [0.15, 0.2) is 23.8 Å². The minimum atomic E-state index is -1.19. The molecule has 0 fully saturated rings. The minimum Gasteiger partial charge on any atom is -0.488 e. The normalized spacial score (nSPS) is 12.2. The Bertz CT molecular complexity index is 646. The fraction of sp³-hybridized carbons (Fsp3) is 0.200. The van der Waals surface area contributed by atoms with Crippen LogP contribution in [0.4, 0.5) is 0 Å². The van der Waals surface area contributed by atoms with E-state index in [4.69, 9.17) is 14.6 Å². The van der Waals surface area contributed by atoms with Crippen molar-refractivity contribution in [1.29, 1.82) is 0 Å². The molecule has 1 aromatic carbocycles. The van der Waals surface area contributed by atoms with Crippen molar-refractivity contribution in [3.05, 3.63) is 34.9 Å². The third-order valence-corrected chi connectivity index (χ3v) is 2.57. The van der Waals surface area contributed by atoms with Gasteiger partial charge in [-0.25, -0.2) is 9.59 Å². The molecule has 0 atom stereocenters. The van der Waals surface area contributed by atoms with Gasteiger partial charge in [0, 0.05) is 17.0 Å². The molecule has 0 aliphatic carbocycles. The van der Waals surface area contributed by atoms with Crippen LogP contribution < -0.4 is 4.74 Å². The molecule has 0 saturated heterocycles. The van der Waals surface area contributed by atoms with Crippen LogP contribution in [0.2, 0.25) is 0 Å². The van der Waals surface area contributed by atoms with Gasteiger partial charge >= 0.3 is 11.9 Å². The summed E-state index contributed by atoms with van der Waals surface area (Å²) in [5, 5.41) is 8.52. The van der Waals surface area contributed by atoms with Gasteiger partial charge in [-0.15, -0.1) is 0 Å². The molecule has 0 unspecified atom stereocenters. The van der Waals surface area contributed by atoms with Gasteiger partial charge in [-0.05, 0) is 31.2 Å². The van der Waals surface area contributed by atoms with Gasteiger partial charge in [0.2, 0.25) is 0 Å². The summed E-state index contributed by atoms with van der Waals surface area (Å²) in [5.41, 5.74) is 1.63. The van der Waals surface area contributed by atoms with Crippen molar-refractivity contribution in [1.82, 2.24) is 0 Å². The Kier molecular flexibility index (Phi) is 4.06. The molecule has 1 aliphatic heterocycles. The second-order valence-electron chi connectivity index (χ2n) is 3.99. The maximum absolute atomic E-state index is 11.6. The number of benzene rings is 1. The lowest BCUT2D eigenvalue weighted by atomic mass is 10.0. The van der Waals surface area contributed by atoms with Gasteiger partial charge in [0.25, 0.3) is 0 Å². The zero-order valence-corrected chi connectivity index (χ0v) is 10.8. The molecule has 1 aromatic rings. The predicted octanol–water partition coefficient (Wildman–Crippen LogP) is 1.46. The van der Waals surface area contributed by atoms with E-state index in [9.17, 15) is 9.59 Å². The number of hydrogen-bond acceptors (Lipinski definition) is 4. The van der Waals surface area contributed by atoms with E-state index < -0.39 is 11.9 Å². The number of esters is 1. The van der Waals surface area contributed by atoms with Gasteiger partial charge in [0.15, 0.2) is 0 Å². The molecule has 0 bridgehead atoms. The van der Waals surface area contributed by atoms with Crippen LogP contribution in [0.5, 0.6) is 5.75 Å². The van der Waals surface area contributed by atoms with E-state index in [2.05, 4.69) is 5.92 Å². The lowest BCUT2D eigenvalue weighted by Crippen LogP contribution is -2.17. The number of ether oxygens (including phenoxy) is 2. The Hall–Kier alpha value is -2.74. The van der Waals surface area contributed by atoms with Gasteiger partial charge in [0.1, 0.15) is 12.4 Å². The maximum atomic E-state index is 11.6. The zero-order valence-electron chi connectivity index (χ0n) is 10.8. The van der Waals surface area contributed by atoms with Crippen LogP contribution in [0.3, 0.4) is 0 Å². The Balaban J connectivity index is 2.31. The number of fused-ring (bicyclic) bond motifs is 1. The molecule has 2 rings (SSSR count). The molecule has 5 nitrogen and oxygen atoms in total. The first-order valence-electron chi connectivity index (χ1n) is 5.99. The smallest absolute Gasteiger partial charge is 0.382 e. The summed E-state index contributed by atoms with van der Waals surface area (Å²) in [7, 11) is 0. The molecule has 5 heteroatoms. The van der Waals surface area contributed by atoms with Crippen molar-refractivity contribution in [3.63, 3.8) is 0 Å². The largest absolute Gasteiger partial charge is 0.488 e. The first kappa shape index (κ1) is 13.7. The van der Waals surface area contributed by atoms with Gasteiger partial charge < -0.3 is 14.6 Å². The van der Waals surface area contributed by atoms with Crippen molar-refractivity contribution in [3.8, 4) is 17.6 Å². The predicted molar refractivity (Wildman–Crippen MR) is 71.1 cm³/mol. The van der Waals surface area contributed by atoms with E-state index in [1.165, 1.54) is 0 Å². The Morgan fingerprint density at radius 1 is 1.45 bits per heavy atom. The fourth-order valence-corrected chi connectivity index (χ4v) is 1.72. The highest BCUT2D eigenvalue weighted by molar-refractivity contribution is 5.95. The standard InChI is InChI=1S/C15H12O5/c1-2-19-15(18)12-8-11-7-10(4-6-14(16)17)3-5-13(11)20-9-12/h3,5,7-8H,2,9H2,1H3,(H,16,17). The van der Waals surface area contributed by atoms with Crippen LogP contribution in [-0.2, 0) is 14.3 Å². The molecular formula is C15H12O5. The second kappa shape index (κ2) is 5.93. The molecule has 20 heavy (non-hydrogen) atoms. The number of carboxylic acids is 1. The van der Waals surface area contributed by atoms with Crippen LogP contribution in [0, 0.1) is 11.8 Å². The molecule has 0 saturated carbocycles. The number of carbonyl (C=O) groups is 2. The van der Waals surface area contributed by atoms with Crippen LogP contribution >= 0.6 is 0 Å². The first-order valence-corrected chi connectivity index (χ1v) is 5.99. The molecular weight excluding hydrogens is 260 g/mol. The van der Waals surface area contributed by atoms with E-state index >= 15 is 0 Å². The average molecular weight is 272 g/mol. The summed E-state index contributed by atoms with van der Waals surface area (Å²) < 4.78 is 10.4. The molecule has 1 N–H and O–H groups in total. The SMILES string of the molecule is CCOC(=O)C1=Cc2cc(C#CC(=O)O)ccc2OC1. The van der Waals surface area contributed by atoms with E-state index in [0.717, 1.165) is 0 Å². The Morgan fingerprint density at radius 2 is 2.25 bits per heavy atom. The van der Waals surface area contributed by atoms with Crippen molar-refractivity contribution in [2.24, 2.45) is 0 Å². The molecule has 1 heterocycles. The summed E-state index contributed by atoms with van der Waals surface area (Å²) in [5.74, 6) is 3.56. The van der Waals surface area contributed by atoms with Crippen molar-refractivity contribution < 1.29 is 24.2 Å². The summed E-state index contributed by atoms with van der Waals surface area (Å²) >= 11 is 0.